The Balaban J connectivity index is 0.000000113. The van der Waals surface area contributed by atoms with E-state index in [0.717, 1.165) is 211 Å². The van der Waals surface area contributed by atoms with Gasteiger partial charge in [-0.3, -0.25) is 54.3 Å². The van der Waals surface area contributed by atoms with Crippen LogP contribution < -0.4 is 64.6 Å². The molecular weight excluding hydrogens is 1510 g/mol. The van der Waals surface area contributed by atoms with E-state index in [4.69, 9.17) is 29.4 Å². The molecule has 8 bridgehead atoms. The van der Waals surface area contributed by atoms with Gasteiger partial charge in [0.1, 0.15) is 0 Å². The van der Waals surface area contributed by atoms with Crippen LogP contribution in [0.25, 0.3) is 45.0 Å². The molecule has 0 radical (unpaired) electrons. The number of aromatic nitrogens is 10. The van der Waals surface area contributed by atoms with Crippen molar-refractivity contribution in [3.63, 3.8) is 0 Å². The number of aryl methyl sites for hydroxylation is 5. The molecule has 9 aliphatic heterocycles. The highest BCUT2D eigenvalue weighted by Gasteiger charge is 2.46. The summed E-state index contributed by atoms with van der Waals surface area (Å²) < 4.78 is 10.8. The van der Waals surface area contributed by atoms with E-state index in [1.54, 1.807) is 48.1 Å². The van der Waals surface area contributed by atoms with Crippen LogP contribution in [-0.2, 0) is 11.2 Å². The van der Waals surface area contributed by atoms with Crippen LogP contribution in [0.5, 0.6) is 11.5 Å². The lowest BCUT2D eigenvalue weighted by Crippen LogP contribution is -2.51. The van der Waals surface area contributed by atoms with E-state index in [2.05, 4.69) is 114 Å². The molecule has 27 nitrogen and oxygen atoms in total. The van der Waals surface area contributed by atoms with Gasteiger partial charge < -0.3 is 45.0 Å². The van der Waals surface area contributed by atoms with Gasteiger partial charge in [-0.05, 0) is 218 Å². The Kier molecular flexibility index (Phi) is 22.0. The molecule has 19 heterocycles. The van der Waals surface area contributed by atoms with Crippen molar-refractivity contribution < 1.29 is 28.7 Å². The number of ether oxygens (including phenoxy) is 2. The Hall–Kier alpha value is -12.9. The van der Waals surface area contributed by atoms with Crippen molar-refractivity contribution in [1.29, 1.82) is 0 Å². The zero-order valence-corrected chi connectivity index (χ0v) is 67.7. The summed E-state index contributed by atoms with van der Waals surface area (Å²) in [4.78, 5) is 115. The first-order valence-electron chi connectivity index (χ1n) is 40.6. The maximum Gasteiger partial charge on any atom is 0.327 e. The third-order valence-electron chi connectivity index (χ3n) is 23.6. The van der Waals surface area contributed by atoms with E-state index < -0.39 is 0 Å². The van der Waals surface area contributed by atoms with Crippen molar-refractivity contribution in [2.75, 3.05) is 116 Å². The average Bonchev–Trinajstić information content (AvgIpc) is 1.59. The number of fused-ring (bicyclic) bond motifs is 17. The Bertz CT molecular complexity index is 5630. The number of carbonyl (C=O) groups is 4. The molecule has 4 saturated heterocycles. The third kappa shape index (κ3) is 16.0. The van der Waals surface area contributed by atoms with Crippen molar-refractivity contribution in [3.05, 3.63) is 217 Å². The predicted octanol–water partition coefficient (Wildman–Crippen LogP) is 15.0. The van der Waals surface area contributed by atoms with Gasteiger partial charge in [0.05, 0.1) is 81.6 Å². The molecular formula is C90H94ClN21O6. The monoisotopic (exact) mass is 1600 g/mol. The first kappa shape index (κ1) is 77.7. The summed E-state index contributed by atoms with van der Waals surface area (Å²) in [5, 5.41) is 9.09. The van der Waals surface area contributed by atoms with Gasteiger partial charge in [-0.15, -0.1) is 12.4 Å². The fraction of sp³-hybridized carbons (Fsp3) is 0.333. The number of nitrogens with one attached hydrogen (secondary N) is 3. The molecule has 6 atom stereocenters. The van der Waals surface area contributed by atoms with Crippen LogP contribution in [0.2, 0.25) is 0 Å². The standard InChI is InChI=1S/C23H24N6O.C23H21N5O3.C22H22N6O.C22H26N4O.ClH/c1-16-14-17(7-11-24-16)20-5-6-21-22(27-20)29(19-9-13-28(21)15-19)23(30)26-12-8-18-4-2-3-10-25-18;1-14-10-15(6-8-24-14)18-3-4-19-22(26-18)28(17-7-9-27(19)12-17)23(29)25-16-2-5-20-21(11-16)31-13-30-20;1-14-9-17(12-23-11-14)25-22(29)28-18-6-8-27(13-18)20-4-3-19(26-21(20)28)16-5-7-24-15(2)10-16;1-14-3-4-17(11-14)22(27)26-18-8-10-25(13-18)20-6-5-19(24-21(20)26)16-7-9-23-15(2)12-16;/h2-7,10-11,14,19H,8-9,12-13,15H2,1H3,(H,26,30);2-6,8,10-11,17H,7,9,12-13H2,1H3,(H,25,29);3-5,7,9-12,18H,6,8,13H2,1-2H3,(H,25,29);5-7,9,12,14,17-18H,3-4,8,10-11,13H2,1-2H3;1H/t19-;17-;18-;14-,17?,18+;/m0001./s1. The quantitative estimate of drug-likeness (QED) is 0.115. The minimum atomic E-state index is -0.192. The molecule has 21 rings (SSSR count). The second-order valence-corrected chi connectivity index (χ2v) is 31.9. The molecule has 1 aromatic carbocycles. The molecule has 28 heteroatoms. The molecule has 602 valence electrons. The van der Waals surface area contributed by atoms with Gasteiger partial charge in [0.2, 0.25) is 12.7 Å². The smallest absolute Gasteiger partial charge is 0.327 e. The van der Waals surface area contributed by atoms with E-state index in [-0.39, 0.29) is 67.4 Å². The Morgan fingerprint density at radius 3 is 1.28 bits per heavy atom. The average molecular weight is 1600 g/mol. The zero-order chi connectivity index (χ0) is 80.0. The summed E-state index contributed by atoms with van der Waals surface area (Å²) in [5.41, 5.74) is 18.7. The largest absolute Gasteiger partial charge is 0.454 e. The molecule has 1 unspecified atom stereocenters. The van der Waals surface area contributed by atoms with Gasteiger partial charge in [-0.1, -0.05) is 13.0 Å². The number of benzene rings is 1. The highest BCUT2D eigenvalue weighted by Crippen LogP contribution is 2.47. The van der Waals surface area contributed by atoms with Crippen molar-refractivity contribution in [3.8, 4) is 56.5 Å². The van der Waals surface area contributed by atoms with E-state index in [0.29, 0.717) is 59.3 Å². The van der Waals surface area contributed by atoms with E-state index in [1.165, 1.54) is 0 Å². The number of rotatable bonds is 10. The molecule has 11 aromatic rings. The molecule has 5 fully saturated rings. The van der Waals surface area contributed by atoms with Gasteiger partial charge in [-0.25, -0.2) is 34.3 Å². The molecule has 10 aromatic heterocycles. The summed E-state index contributed by atoms with van der Waals surface area (Å²) >= 11 is 0. The van der Waals surface area contributed by atoms with Crippen LogP contribution in [0.3, 0.4) is 0 Å². The minimum Gasteiger partial charge on any atom is -0.454 e. The molecule has 10 aliphatic rings. The lowest BCUT2D eigenvalue weighted by molar-refractivity contribution is -0.122. The number of urea groups is 3. The maximum absolute atomic E-state index is 13.5. The SMILES string of the molecule is Cc1cc(-c2ccc3c(n2)N(C(=O)C2CC[C@@H](C)C2)[C@H]2CCN3C2)ccn1.Cc1cc(-c2ccc3c(n2)N(C(=O)NCCc2ccccn2)[C@H]2CCN3C2)ccn1.Cc1cc(-c2ccc3c(n2)N(C(=O)Nc2ccc4c(c2)OCO4)[C@H]2CCN3C2)ccn1.Cc1cncc(NC(=O)N2c3nc(-c4ccnc(C)c4)ccc3N3CC[C@H]2C3)c1.Cl. The zero-order valence-electron chi connectivity index (χ0n) is 66.9. The van der Waals surface area contributed by atoms with Crippen LogP contribution in [0.1, 0.15) is 85.9 Å². The van der Waals surface area contributed by atoms with Crippen LogP contribution in [-0.4, -0.2) is 164 Å². The van der Waals surface area contributed by atoms with Crippen LogP contribution >= 0.6 is 12.4 Å². The molecule has 3 N–H and O–H groups in total. The highest BCUT2D eigenvalue weighted by atomic mass is 35.5. The van der Waals surface area contributed by atoms with Gasteiger partial charge >= 0.3 is 18.1 Å². The second-order valence-electron chi connectivity index (χ2n) is 31.9. The molecule has 0 spiro atoms. The molecule has 1 saturated carbocycles. The van der Waals surface area contributed by atoms with Gasteiger partial charge in [0.25, 0.3) is 0 Å². The first-order valence-corrected chi connectivity index (χ1v) is 40.6. The summed E-state index contributed by atoms with van der Waals surface area (Å²) in [6.07, 6.45) is 20.1. The molecule has 1 aliphatic carbocycles. The van der Waals surface area contributed by atoms with Crippen molar-refractivity contribution in [2.24, 2.45) is 11.8 Å². The highest BCUT2D eigenvalue weighted by molar-refractivity contribution is 6.06. The summed E-state index contributed by atoms with van der Waals surface area (Å²) in [7, 11) is 0. The van der Waals surface area contributed by atoms with E-state index in [1.807, 2.05) is 148 Å². The van der Waals surface area contributed by atoms with E-state index in [9.17, 15) is 19.2 Å². The second kappa shape index (κ2) is 33.4. The summed E-state index contributed by atoms with van der Waals surface area (Å²) in [5.74, 6) is 5.44. The molecule has 7 amide bonds. The van der Waals surface area contributed by atoms with Gasteiger partial charge in [-0.2, -0.15) is 0 Å². The van der Waals surface area contributed by atoms with Crippen molar-refractivity contribution in [1.82, 2.24) is 55.2 Å². The minimum absolute atomic E-state index is 0. The summed E-state index contributed by atoms with van der Waals surface area (Å²) in [6.45, 7) is 20.1. The Morgan fingerprint density at radius 1 is 0.424 bits per heavy atom. The number of hydrogen-bond donors (Lipinski definition) is 3. The fourth-order valence-corrected chi connectivity index (χ4v) is 17.9. The fourth-order valence-electron chi connectivity index (χ4n) is 17.9. The third-order valence-corrected chi connectivity index (χ3v) is 23.6. The Morgan fingerprint density at radius 2 is 0.856 bits per heavy atom. The number of amides is 7. The lowest BCUT2D eigenvalue weighted by Gasteiger charge is -2.37. The van der Waals surface area contributed by atoms with Crippen LogP contribution in [0, 0.1) is 46.5 Å². The van der Waals surface area contributed by atoms with Gasteiger partial charge in [0, 0.05) is 171 Å². The lowest BCUT2D eigenvalue weighted by atomic mass is 10.0. The number of anilines is 10. The van der Waals surface area contributed by atoms with Crippen molar-refractivity contribution in [2.45, 2.75) is 117 Å². The summed E-state index contributed by atoms with van der Waals surface area (Å²) in [6, 6.07) is 45.8. The van der Waals surface area contributed by atoms with Crippen LogP contribution in [0.4, 0.5) is 71.8 Å². The maximum atomic E-state index is 13.5. The molecule has 118 heavy (non-hydrogen) atoms. The van der Waals surface area contributed by atoms with Crippen molar-refractivity contribution >= 4 is 93.8 Å². The number of carbonyl (C=O) groups excluding carboxylic acids is 4. The van der Waals surface area contributed by atoms with Gasteiger partial charge in [0.15, 0.2) is 34.8 Å². The number of hydrogen-bond acceptors (Lipinski definition) is 20. The number of nitrogens with zero attached hydrogens (tertiary/aromatic N) is 18. The Labute approximate surface area is 691 Å². The number of pyridine rings is 10. The topological polar surface area (TPSA) is 278 Å². The number of halogens is 1. The normalized spacial score (nSPS) is 19.4. The van der Waals surface area contributed by atoms with Crippen LogP contribution in [0.15, 0.2) is 183 Å². The first-order chi connectivity index (χ1) is 57.0. The predicted molar refractivity (Wildman–Crippen MR) is 461 cm³/mol. The van der Waals surface area contributed by atoms with E-state index >= 15 is 0 Å².